The van der Waals surface area contributed by atoms with Gasteiger partial charge in [-0.1, -0.05) is 0 Å². The molecule has 1 heterocycles. The maximum absolute atomic E-state index is 10.8. The van der Waals surface area contributed by atoms with Gasteiger partial charge in [0.05, 0.1) is 7.11 Å². The Kier molecular flexibility index (Phi) is 2.09. The van der Waals surface area contributed by atoms with Crippen LogP contribution in [0, 0.1) is 0 Å². The number of aromatic amines is 1. The van der Waals surface area contributed by atoms with Gasteiger partial charge in [0, 0.05) is 12.3 Å². The van der Waals surface area contributed by atoms with Crippen LogP contribution in [0.25, 0.3) is 0 Å². The molecule has 1 aromatic heterocycles. The van der Waals surface area contributed by atoms with E-state index >= 15 is 0 Å². The summed E-state index contributed by atoms with van der Waals surface area (Å²) >= 11 is 0. The average molecular weight is 170 g/mol. The van der Waals surface area contributed by atoms with Gasteiger partial charge in [-0.3, -0.25) is 9.78 Å². The Balaban J connectivity index is 3.28. The Morgan fingerprint density at radius 1 is 1.58 bits per heavy atom. The van der Waals surface area contributed by atoms with Crippen LogP contribution in [-0.4, -0.2) is 22.8 Å². The first-order valence-electron chi connectivity index (χ1n) is 3.05. The topological polar surface area (TPSA) is 81.2 Å². The molecule has 12 heavy (non-hydrogen) atoms. The van der Waals surface area contributed by atoms with Crippen LogP contribution in [0.15, 0.2) is 21.9 Å². The van der Waals surface area contributed by atoms with Crippen LogP contribution in [0.5, 0.6) is 0 Å². The van der Waals surface area contributed by atoms with E-state index in [1.54, 1.807) is 0 Å². The summed E-state index contributed by atoms with van der Waals surface area (Å²) in [6, 6.07) is 1.05. The number of rotatable bonds is 0. The minimum atomic E-state index is -0.837. The van der Waals surface area contributed by atoms with Crippen molar-refractivity contribution in [3.05, 3.63) is 33.1 Å². The molecule has 0 fully saturated rings. The third-order valence-electron chi connectivity index (χ3n) is 1.20. The van der Waals surface area contributed by atoms with Gasteiger partial charge in [0.15, 0.2) is 0 Å². The molecule has 1 aromatic rings. The normalized spacial score (nSPS) is 9.42. The molecule has 6 nitrogen and oxygen atoms in total. The zero-order valence-corrected chi connectivity index (χ0v) is 6.23. The van der Waals surface area contributed by atoms with Gasteiger partial charge in [0.25, 0.3) is 5.56 Å². The maximum atomic E-state index is 10.8. The highest BCUT2D eigenvalue weighted by atomic mass is 16.5. The van der Waals surface area contributed by atoms with Crippen molar-refractivity contribution in [2.75, 3.05) is 7.11 Å². The number of aromatic nitrogens is 2. The highest BCUT2D eigenvalue weighted by Gasteiger charge is 2.04. The summed E-state index contributed by atoms with van der Waals surface area (Å²) in [4.78, 5) is 34.0. The Bertz CT molecular complexity index is 402. The fourth-order valence-corrected chi connectivity index (χ4v) is 0.659. The number of hydrogen-bond acceptors (Lipinski definition) is 4. The van der Waals surface area contributed by atoms with Crippen LogP contribution in [0.3, 0.4) is 0 Å². The minimum absolute atomic E-state index is 0.555. The van der Waals surface area contributed by atoms with Crippen molar-refractivity contribution >= 4 is 6.09 Å². The molecule has 0 spiro atoms. The molecule has 0 unspecified atom stereocenters. The molecule has 0 aliphatic rings. The first-order chi connectivity index (χ1) is 5.65. The maximum Gasteiger partial charge on any atom is 0.421 e. The minimum Gasteiger partial charge on any atom is -0.452 e. The molecule has 0 aliphatic heterocycles. The van der Waals surface area contributed by atoms with Crippen molar-refractivity contribution in [1.82, 2.24) is 9.55 Å². The molecular weight excluding hydrogens is 164 g/mol. The monoisotopic (exact) mass is 170 g/mol. The number of nitrogens with zero attached hydrogens (tertiary/aromatic N) is 1. The first-order valence-corrected chi connectivity index (χ1v) is 3.05. The molecule has 0 radical (unpaired) electrons. The van der Waals surface area contributed by atoms with Gasteiger partial charge in [-0.25, -0.2) is 14.2 Å². The fraction of sp³-hybridized carbons (Fsp3) is 0.167. The van der Waals surface area contributed by atoms with Crippen molar-refractivity contribution < 1.29 is 9.53 Å². The summed E-state index contributed by atoms with van der Waals surface area (Å²) in [6.45, 7) is 0. The van der Waals surface area contributed by atoms with Gasteiger partial charge >= 0.3 is 11.8 Å². The van der Waals surface area contributed by atoms with Crippen LogP contribution in [0.4, 0.5) is 4.79 Å². The van der Waals surface area contributed by atoms with E-state index in [2.05, 4.69) is 4.74 Å². The molecule has 0 aliphatic carbocycles. The Morgan fingerprint density at radius 2 is 2.25 bits per heavy atom. The Hall–Kier alpha value is -1.85. The molecule has 64 valence electrons. The van der Waals surface area contributed by atoms with Gasteiger partial charge in [0.1, 0.15) is 0 Å². The molecule has 6 heteroatoms. The fourth-order valence-electron chi connectivity index (χ4n) is 0.659. The van der Waals surface area contributed by atoms with Gasteiger partial charge in [-0.2, -0.15) is 0 Å². The summed E-state index contributed by atoms with van der Waals surface area (Å²) in [5.41, 5.74) is -1.37. The van der Waals surface area contributed by atoms with E-state index in [9.17, 15) is 14.4 Å². The zero-order chi connectivity index (χ0) is 9.14. The first kappa shape index (κ1) is 8.25. The van der Waals surface area contributed by atoms with Crippen molar-refractivity contribution in [3.8, 4) is 0 Å². The largest absolute Gasteiger partial charge is 0.452 e. The van der Waals surface area contributed by atoms with Gasteiger partial charge in [-0.05, 0) is 0 Å². The lowest BCUT2D eigenvalue weighted by atomic mass is 10.6. The molecule has 1 rings (SSSR count). The van der Waals surface area contributed by atoms with E-state index in [1.165, 1.54) is 0 Å². The van der Waals surface area contributed by atoms with E-state index in [-0.39, 0.29) is 0 Å². The standard InChI is InChI=1S/C6H6N2O4/c1-12-6(11)8-3-2-4(9)7-5(8)10/h2-3H,1H3,(H,7,9,10). The van der Waals surface area contributed by atoms with E-state index in [1.807, 2.05) is 4.98 Å². The quantitative estimate of drug-likeness (QED) is 0.550. The summed E-state index contributed by atoms with van der Waals surface area (Å²) in [5, 5.41) is 0. The molecule has 0 saturated carbocycles. The number of methoxy groups -OCH3 is 1. The lowest BCUT2D eigenvalue weighted by Crippen LogP contribution is -2.32. The highest BCUT2D eigenvalue weighted by molar-refractivity contribution is 5.69. The molecule has 0 bridgehead atoms. The van der Waals surface area contributed by atoms with E-state index in [4.69, 9.17) is 0 Å². The summed E-state index contributed by atoms with van der Waals surface area (Å²) in [6.07, 6.45) is 0.212. The van der Waals surface area contributed by atoms with Crippen molar-refractivity contribution in [2.24, 2.45) is 0 Å². The second kappa shape index (κ2) is 3.04. The van der Waals surface area contributed by atoms with Crippen LogP contribution >= 0.6 is 0 Å². The predicted octanol–water partition coefficient (Wildman–Crippen LogP) is -0.849. The summed E-state index contributed by atoms with van der Waals surface area (Å²) in [5.74, 6) is 0. The molecule has 1 N–H and O–H groups in total. The van der Waals surface area contributed by atoms with E-state index in [0.717, 1.165) is 19.4 Å². The number of H-pyrrole nitrogens is 1. The molecule has 0 atom stereocenters. The molecular formula is C6H6N2O4. The molecule has 0 aromatic carbocycles. The number of carbonyl (C=O) groups excluding carboxylic acids is 1. The van der Waals surface area contributed by atoms with Crippen LogP contribution in [-0.2, 0) is 4.74 Å². The van der Waals surface area contributed by atoms with Gasteiger partial charge in [0.2, 0.25) is 0 Å². The smallest absolute Gasteiger partial charge is 0.421 e. The van der Waals surface area contributed by atoms with E-state index in [0.29, 0.717) is 4.57 Å². The number of nitrogens with one attached hydrogen (secondary N) is 1. The summed E-state index contributed by atoms with van der Waals surface area (Å²) < 4.78 is 4.91. The van der Waals surface area contributed by atoms with Gasteiger partial charge in [-0.15, -0.1) is 0 Å². The third kappa shape index (κ3) is 1.42. The molecule has 0 amide bonds. The lowest BCUT2D eigenvalue weighted by molar-refractivity contribution is 0.171. The number of hydrogen-bond donors (Lipinski definition) is 1. The van der Waals surface area contributed by atoms with Crippen LogP contribution in [0.1, 0.15) is 0 Å². The van der Waals surface area contributed by atoms with Crippen molar-refractivity contribution in [2.45, 2.75) is 0 Å². The SMILES string of the molecule is COC(=O)n1ccc(=O)[nH]c1=O. The third-order valence-corrected chi connectivity index (χ3v) is 1.20. The Morgan fingerprint density at radius 3 is 2.75 bits per heavy atom. The van der Waals surface area contributed by atoms with Crippen molar-refractivity contribution in [3.63, 3.8) is 0 Å². The van der Waals surface area contributed by atoms with E-state index < -0.39 is 17.3 Å². The number of carbonyl (C=O) groups is 1. The lowest BCUT2D eigenvalue weighted by Gasteiger charge is -1.98. The van der Waals surface area contributed by atoms with Crippen LogP contribution in [0.2, 0.25) is 0 Å². The van der Waals surface area contributed by atoms with Crippen LogP contribution < -0.4 is 11.2 Å². The average Bonchev–Trinajstić information content (AvgIpc) is 2.03. The molecule has 0 saturated heterocycles. The Labute approximate surface area is 66.4 Å². The predicted molar refractivity (Wildman–Crippen MR) is 39.1 cm³/mol. The summed E-state index contributed by atoms with van der Waals surface area (Å²) in [7, 11) is 1.14. The second-order valence-electron chi connectivity index (χ2n) is 1.95. The highest BCUT2D eigenvalue weighted by Crippen LogP contribution is 1.78. The zero-order valence-electron chi connectivity index (χ0n) is 6.23. The second-order valence-corrected chi connectivity index (χ2v) is 1.95. The van der Waals surface area contributed by atoms with Gasteiger partial charge < -0.3 is 4.74 Å². The van der Waals surface area contributed by atoms with Crippen molar-refractivity contribution in [1.29, 1.82) is 0 Å². The number of ether oxygens (including phenoxy) is 1.